The van der Waals surface area contributed by atoms with E-state index in [1.807, 2.05) is 12.1 Å². The lowest BCUT2D eigenvalue weighted by Crippen LogP contribution is -2.22. The minimum Gasteiger partial charge on any atom is -0.366 e. The van der Waals surface area contributed by atoms with Crippen LogP contribution in [0.1, 0.15) is 34.5 Å². The molecule has 2 N–H and O–H groups in total. The van der Waals surface area contributed by atoms with Gasteiger partial charge in [-0.2, -0.15) is 0 Å². The topological polar surface area (TPSA) is 89.9 Å². The summed E-state index contributed by atoms with van der Waals surface area (Å²) >= 11 is 3.23. The van der Waals surface area contributed by atoms with Crippen LogP contribution in [0, 0.1) is 6.92 Å². The minimum atomic E-state index is -0.427. The van der Waals surface area contributed by atoms with Crippen molar-refractivity contribution in [2.75, 3.05) is 18.0 Å². The molecular weight excluding hydrogens is 452 g/mol. The normalized spacial score (nSPS) is 13.5. The molecule has 4 aromatic rings. The highest BCUT2D eigenvalue weighted by Gasteiger charge is 2.22. The van der Waals surface area contributed by atoms with Crippen LogP contribution in [-0.2, 0) is 5.75 Å². The van der Waals surface area contributed by atoms with Gasteiger partial charge in [0.1, 0.15) is 5.01 Å². The van der Waals surface area contributed by atoms with Crippen molar-refractivity contribution in [3.8, 4) is 16.3 Å². The summed E-state index contributed by atoms with van der Waals surface area (Å²) in [6.07, 6.45) is 2.37. The zero-order valence-electron chi connectivity index (χ0n) is 18.3. The highest BCUT2D eigenvalue weighted by Crippen LogP contribution is 2.32. The van der Waals surface area contributed by atoms with Crippen LogP contribution in [0.3, 0.4) is 0 Å². The average molecular weight is 477 g/mol. The van der Waals surface area contributed by atoms with E-state index < -0.39 is 5.91 Å². The Bertz CT molecular complexity index is 1260. The van der Waals surface area contributed by atoms with Crippen molar-refractivity contribution in [1.82, 2.24) is 19.7 Å². The van der Waals surface area contributed by atoms with E-state index in [1.54, 1.807) is 35.2 Å². The van der Waals surface area contributed by atoms with E-state index in [9.17, 15) is 4.79 Å². The van der Waals surface area contributed by atoms with Crippen LogP contribution in [0.5, 0.6) is 0 Å². The van der Waals surface area contributed by atoms with Crippen LogP contribution in [0.25, 0.3) is 16.3 Å². The van der Waals surface area contributed by atoms with Gasteiger partial charge in [-0.3, -0.25) is 9.36 Å². The number of nitrogens with zero attached hydrogens (tertiary/aromatic N) is 5. The number of anilines is 1. The largest absolute Gasteiger partial charge is 0.366 e. The van der Waals surface area contributed by atoms with Gasteiger partial charge in [0.25, 0.3) is 0 Å². The van der Waals surface area contributed by atoms with E-state index in [0.717, 1.165) is 46.1 Å². The SMILES string of the molecule is Cc1ccc(-n2c(SCc3csc(-c4ccc(C(N)=O)cc4)n3)nnc2N2CCCC2)cc1. The summed E-state index contributed by atoms with van der Waals surface area (Å²) in [5, 5.41) is 12.9. The summed E-state index contributed by atoms with van der Waals surface area (Å²) in [5.41, 5.74) is 10.1. The minimum absolute atomic E-state index is 0.427. The zero-order chi connectivity index (χ0) is 22.8. The van der Waals surface area contributed by atoms with E-state index >= 15 is 0 Å². The molecule has 2 aromatic heterocycles. The lowest BCUT2D eigenvalue weighted by atomic mass is 10.1. The van der Waals surface area contributed by atoms with E-state index in [-0.39, 0.29) is 0 Å². The molecule has 33 heavy (non-hydrogen) atoms. The first kappa shape index (κ1) is 21.7. The lowest BCUT2D eigenvalue weighted by Gasteiger charge is -2.18. The molecule has 0 atom stereocenters. The van der Waals surface area contributed by atoms with Gasteiger partial charge in [-0.15, -0.1) is 21.5 Å². The van der Waals surface area contributed by atoms with Crippen LogP contribution in [0.4, 0.5) is 5.95 Å². The molecule has 0 radical (unpaired) electrons. The second-order valence-corrected chi connectivity index (χ2v) is 9.82. The van der Waals surface area contributed by atoms with Crippen molar-refractivity contribution < 1.29 is 4.79 Å². The first-order valence-corrected chi connectivity index (χ1v) is 12.7. The summed E-state index contributed by atoms with van der Waals surface area (Å²) in [6.45, 7) is 4.12. The second-order valence-electron chi connectivity index (χ2n) is 8.02. The van der Waals surface area contributed by atoms with E-state index in [4.69, 9.17) is 10.7 Å². The quantitative estimate of drug-likeness (QED) is 0.389. The second kappa shape index (κ2) is 9.36. The van der Waals surface area contributed by atoms with E-state index in [1.165, 1.54) is 18.4 Å². The van der Waals surface area contributed by atoms with Crippen LogP contribution >= 0.6 is 23.1 Å². The van der Waals surface area contributed by atoms with Gasteiger partial charge in [-0.1, -0.05) is 41.6 Å². The van der Waals surface area contributed by atoms with Crippen LogP contribution < -0.4 is 10.6 Å². The van der Waals surface area contributed by atoms with Gasteiger partial charge in [-0.25, -0.2) is 4.98 Å². The first-order chi connectivity index (χ1) is 16.1. The number of carbonyl (C=O) groups is 1. The Morgan fingerprint density at radius 3 is 2.48 bits per heavy atom. The molecule has 0 bridgehead atoms. The number of aryl methyl sites for hydroxylation is 1. The predicted molar refractivity (Wildman–Crippen MR) is 133 cm³/mol. The number of hydrogen-bond donors (Lipinski definition) is 1. The molecule has 168 valence electrons. The van der Waals surface area contributed by atoms with E-state index in [0.29, 0.717) is 11.3 Å². The number of thiazole rings is 1. The van der Waals surface area contributed by atoms with Crippen LogP contribution in [-0.4, -0.2) is 38.7 Å². The summed E-state index contributed by atoms with van der Waals surface area (Å²) in [6, 6.07) is 15.7. The maximum atomic E-state index is 11.3. The number of primary amides is 1. The number of aromatic nitrogens is 4. The predicted octanol–water partition coefficient (Wildman–Crippen LogP) is 4.69. The lowest BCUT2D eigenvalue weighted by molar-refractivity contribution is 0.100. The number of rotatable bonds is 7. The Morgan fingerprint density at radius 1 is 1.06 bits per heavy atom. The van der Waals surface area contributed by atoms with Gasteiger partial charge in [0, 0.05) is 35.3 Å². The molecular formula is C24H24N6OS2. The van der Waals surface area contributed by atoms with Crippen molar-refractivity contribution in [1.29, 1.82) is 0 Å². The highest BCUT2D eigenvalue weighted by molar-refractivity contribution is 7.98. The Labute approximate surface area is 200 Å². The monoisotopic (exact) mass is 476 g/mol. The molecule has 1 saturated heterocycles. The average Bonchev–Trinajstić information content (AvgIpc) is 3.59. The van der Waals surface area contributed by atoms with Gasteiger partial charge in [0.05, 0.1) is 11.4 Å². The van der Waals surface area contributed by atoms with Gasteiger partial charge in [-0.05, 0) is 44.0 Å². The fraction of sp³-hybridized carbons (Fsp3) is 0.250. The van der Waals surface area contributed by atoms with Crippen LogP contribution in [0.2, 0.25) is 0 Å². The van der Waals surface area contributed by atoms with Gasteiger partial charge < -0.3 is 10.6 Å². The standard InChI is InChI=1S/C24H24N6OS2/c1-16-4-10-20(11-5-16)30-23(29-12-2-3-13-29)27-28-24(30)33-15-19-14-32-22(26-19)18-8-6-17(7-9-18)21(25)31/h4-11,14H,2-3,12-13,15H2,1H3,(H2,25,31). The smallest absolute Gasteiger partial charge is 0.248 e. The molecule has 0 aliphatic carbocycles. The van der Waals surface area contributed by atoms with Crippen LogP contribution in [0.15, 0.2) is 59.1 Å². The van der Waals surface area contributed by atoms with Crippen molar-refractivity contribution in [3.05, 3.63) is 70.7 Å². The third kappa shape index (κ3) is 4.65. The van der Waals surface area contributed by atoms with Gasteiger partial charge >= 0.3 is 0 Å². The molecule has 1 aliphatic heterocycles. The summed E-state index contributed by atoms with van der Waals surface area (Å²) in [7, 11) is 0. The molecule has 1 fully saturated rings. The molecule has 1 aliphatic rings. The number of amides is 1. The molecule has 9 heteroatoms. The van der Waals surface area contributed by atoms with Crippen molar-refractivity contribution in [2.45, 2.75) is 30.7 Å². The molecule has 5 rings (SSSR count). The fourth-order valence-electron chi connectivity index (χ4n) is 3.82. The summed E-state index contributed by atoms with van der Waals surface area (Å²) in [5.74, 6) is 1.18. The van der Waals surface area contributed by atoms with Crippen molar-refractivity contribution in [3.63, 3.8) is 0 Å². The van der Waals surface area contributed by atoms with Gasteiger partial charge in [0.15, 0.2) is 5.16 Å². The summed E-state index contributed by atoms with van der Waals surface area (Å²) in [4.78, 5) is 18.4. The highest BCUT2D eigenvalue weighted by atomic mass is 32.2. The number of nitrogens with two attached hydrogens (primary N) is 1. The zero-order valence-corrected chi connectivity index (χ0v) is 19.9. The number of carbonyl (C=O) groups excluding carboxylic acids is 1. The molecule has 0 spiro atoms. The van der Waals surface area contributed by atoms with Gasteiger partial charge in [0.2, 0.25) is 11.9 Å². The molecule has 0 saturated carbocycles. The Morgan fingerprint density at radius 2 is 1.79 bits per heavy atom. The molecule has 2 aromatic carbocycles. The number of benzene rings is 2. The summed E-state index contributed by atoms with van der Waals surface area (Å²) < 4.78 is 2.16. The van der Waals surface area contributed by atoms with Crippen molar-refractivity contribution >= 4 is 35.0 Å². The first-order valence-electron chi connectivity index (χ1n) is 10.8. The third-order valence-electron chi connectivity index (χ3n) is 5.61. The Kier molecular flexibility index (Phi) is 6.15. The van der Waals surface area contributed by atoms with Crippen molar-refractivity contribution in [2.24, 2.45) is 5.73 Å². The maximum Gasteiger partial charge on any atom is 0.248 e. The molecule has 3 heterocycles. The van der Waals surface area contributed by atoms with E-state index in [2.05, 4.69) is 56.2 Å². The Hall–Kier alpha value is -3.17. The molecule has 7 nitrogen and oxygen atoms in total. The number of thioether (sulfide) groups is 1. The Balaban J connectivity index is 1.37. The third-order valence-corrected chi connectivity index (χ3v) is 7.52. The molecule has 1 amide bonds. The maximum absolute atomic E-state index is 11.3. The fourth-order valence-corrected chi connectivity index (χ4v) is 5.59. The number of hydrogen-bond acceptors (Lipinski definition) is 7. The molecule has 0 unspecified atom stereocenters.